The number of pyridine rings is 1. The SMILES string of the molecule is Cc1ccc2c(oc3ccc(C#N)cc32)c1-c1c2ccccc2cc[n+]1C. The average molecular weight is 349 g/mol. The van der Waals surface area contributed by atoms with Crippen LogP contribution in [0.15, 0.2) is 71.3 Å². The van der Waals surface area contributed by atoms with E-state index in [0.29, 0.717) is 5.56 Å². The number of fused-ring (bicyclic) bond motifs is 4. The molecule has 0 spiro atoms. The van der Waals surface area contributed by atoms with Crippen molar-refractivity contribution in [2.45, 2.75) is 6.92 Å². The van der Waals surface area contributed by atoms with E-state index in [1.807, 2.05) is 12.1 Å². The topological polar surface area (TPSA) is 40.8 Å². The van der Waals surface area contributed by atoms with Gasteiger partial charge >= 0.3 is 0 Å². The fourth-order valence-electron chi connectivity index (χ4n) is 3.93. The van der Waals surface area contributed by atoms with E-state index >= 15 is 0 Å². The molecule has 2 heterocycles. The summed E-state index contributed by atoms with van der Waals surface area (Å²) in [6, 6.07) is 22.6. The molecule has 0 amide bonds. The summed E-state index contributed by atoms with van der Waals surface area (Å²) < 4.78 is 8.45. The molecule has 5 aromatic rings. The zero-order valence-corrected chi connectivity index (χ0v) is 15.2. The van der Waals surface area contributed by atoms with Crippen LogP contribution in [-0.4, -0.2) is 0 Å². The second-order valence-electron chi connectivity index (χ2n) is 6.92. The number of hydrogen-bond donors (Lipinski definition) is 0. The first-order chi connectivity index (χ1) is 13.2. The summed E-state index contributed by atoms with van der Waals surface area (Å²) in [7, 11) is 2.07. The zero-order chi connectivity index (χ0) is 18.5. The molecule has 0 aliphatic rings. The van der Waals surface area contributed by atoms with E-state index in [4.69, 9.17) is 4.42 Å². The monoisotopic (exact) mass is 349 g/mol. The maximum Gasteiger partial charge on any atom is 0.224 e. The van der Waals surface area contributed by atoms with Gasteiger partial charge in [-0.3, -0.25) is 0 Å². The number of hydrogen-bond acceptors (Lipinski definition) is 2. The van der Waals surface area contributed by atoms with Crippen LogP contribution in [0, 0.1) is 18.3 Å². The Bertz CT molecular complexity index is 1400. The third-order valence-corrected chi connectivity index (χ3v) is 5.26. The molecule has 0 saturated heterocycles. The summed E-state index contributed by atoms with van der Waals surface area (Å²) in [6.07, 6.45) is 2.09. The van der Waals surface area contributed by atoms with Gasteiger partial charge in [-0.2, -0.15) is 5.26 Å². The largest absolute Gasteiger partial charge is 0.455 e. The number of furan rings is 1. The van der Waals surface area contributed by atoms with Crippen molar-refractivity contribution in [2.75, 3.05) is 0 Å². The van der Waals surface area contributed by atoms with Crippen molar-refractivity contribution in [2.24, 2.45) is 7.05 Å². The van der Waals surface area contributed by atoms with Gasteiger partial charge in [0.25, 0.3) is 0 Å². The molecule has 2 aromatic heterocycles. The third-order valence-electron chi connectivity index (χ3n) is 5.26. The van der Waals surface area contributed by atoms with Gasteiger partial charge in [0.15, 0.2) is 6.20 Å². The maximum atomic E-state index is 9.25. The summed E-state index contributed by atoms with van der Waals surface area (Å²) in [4.78, 5) is 0. The molecule has 3 nitrogen and oxygen atoms in total. The van der Waals surface area contributed by atoms with Gasteiger partial charge in [0.05, 0.1) is 22.6 Å². The molecule has 0 N–H and O–H groups in total. The Kier molecular flexibility index (Phi) is 3.29. The van der Waals surface area contributed by atoms with Crippen LogP contribution in [0.1, 0.15) is 11.1 Å². The van der Waals surface area contributed by atoms with Crippen molar-refractivity contribution in [3.05, 3.63) is 78.0 Å². The van der Waals surface area contributed by atoms with Gasteiger partial charge in [-0.05, 0) is 42.1 Å². The van der Waals surface area contributed by atoms with E-state index in [2.05, 4.69) is 73.3 Å². The lowest BCUT2D eigenvalue weighted by atomic mass is 9.97. The van der Waals surface area contributed by atoms with Gasteiger partial charge in [-0.15, -0.1) is 0 Å². The fourth-order valence-corrected chi connectivity index (χ4v) is 3.93. The quantitative estimate of drug-likeness (QED) is 0.380. The van der Waals surface area contributed by atoms with Crippen LogP contribution >= 0.6 is 0 Å². The van der Waals surface area contributed by atoms with Crippen LogP contribution in [0.5, 0.6) is 0 Å². The van der Waals surface area contributed by atoms with Crippen LogP contribution in [0.3, 0.4) is 0 Å². The molecule has 0 aliphatic heterocycles. The van der Waals surface area contributed by atoms with Gasteiger partial charge in [-0.25, -0.2) is 4.57 Å². The lowest BCUT2D eigenvalue weighted by molar-refractivity contribution is -0.659. The van der Waals surface area contributed by atoms with E-state index in [1.54, 1.807) is 6.07 Å². The Balaban J connectivity index is 1.96. The number of rotatable bonds is 1. The Hall–Kier alpha value is -3.64. The molecule has 0 radical (unpaired) electrons. The molecule has 3 heteroatoms. The van der Waals surface area contributed by atoms with Crippen LogP contribution in [0.4, 0.5) is 0 Å². The maximum absolute atomic E-state index is 9.25. The van der Waals surface area contributed by atoms with E-state index in [-0.39, 0.29) is 0 Å². The molecule has 27 heavy (non-hydrogen) atoms. The van der Waals surface area contributed by atoms with Crippen molar-refractivity contribution >= 4 is 32.7 Å². The van der Waals surface area contributed by atoms with Gasteiger partial charge in [0.1, 0.15) is 18.2 Å². The van der Waals surface area contributed by atoms with Crippen molar-refractivity contribution in [1.82, 2.24) is 0 Å². The lowest BCUT2D eigenvalue weighted by Crippen LogP contribution is -2.30. The van der Waals surface area contributed by atoms with Gasteiger partial charge in [0, 0.05) is 16.8 Å². The average Bonchev–Trinajstić information content (AvgIpc) is 3.06. The number of aryl methyl sites for hydroxylation is 2. The van der Waals surface area contributed by atoms with Gasteiger partial charge in [-0.1, -0.05) is 30.3 Å². The Morgan fingerprint density at radius 3 is 2.63 bits per heavy atom. The van der Waals surface area contributed by atoms with E-state index in [0.717, 1.165) is 38.8 Å². The minimum absolute atomic E-state index is 0.642. The molecule has 0 saturated carbocycles. The number of aromatic nitrogens is 1. The normalized spacial score (nSPS) is 11.3. The van der Waals surface area contributed by atoms with E-state index in [1.165, 1.54) is 10.8 Å². The minimum atomic E-state index is 0.642. The number of nitriles is 1. The first kappa shape index (κ1) is 15.6. The summed E-state index contributed by atoms with van der Waals surface area (Å²) >= 11 is 0. The molecule has 0 fully saturated rings. The molecular formula is C24H17N2O+. The first-order valence-corrected chi connectivity index (χ1v) is 8.91. The van der Waals surface area contributed by atoms with E-state index < -0.39 is 0 Å². The van der Waals surface area contributed by atoms with Crippen LogP contribution < -0.4 is 4.57 Å². The molecule has 128 valence electrons. The smallest absolute Gasteiger partial charge is 0.224 e. The van der Waals surface area contributed by atoms with Crippen molar-refractivity contribution in [3.8, 4) is 17.3 Å². The van der Waals surface area contributed by atoms with Gasteiger partial charge < -0.3 is 4.42 Å². The fraction of sp³-hybridized carbons (Fsp3) is 0.0833. The summed E-state index contributed by atoms with van der Waals surface area (Å²) in [5.41, 5.74) is 5.71. The lowest BCUT2D eigenvalue weighted by Gasteiger charge is -2.08. The molecule has 0 unspecified atom stereocenters. The highest BCUT2D eigenvalue weighted by Crippen LogP contribution is 2.39. The molecule has 3 aromatic carbocycles. The van der Waals surface area contributed by atoms with Crippen LogP contribution in [0.2, 0.25) is 0 Å². The Morgan fingerprint density at radius 2 is 1.78 bits per heavy atom. The highest BCUT2D eigenvalue weighted by Gasteiger charge is 2.23. The van der Waals surface area contributed by atoms with Crippen molar-refractivity contribution in [3.63, 3.8) is 0 Å². The van der Waals surface area contributed by atoms with Crippen molar-refractivity contribution in [1.29, 1.82) is 5.26 Å². The number of benzene rings is 3. The Morgan fingerprint density at radius 1 is 0.926 bits per heavy atom. The molecule has 0 atom stereocenters. The molecule has 5 rings (SSSR count). The highest BCUT2D eigenvalue weighted by molar-refractivity contribution is 6.12. The van der Waals surface area contributed by atoms with E-state index in [9.17, 15) is 5.26 Å². The van der Waals surface area contributed by atoms with Crippen LogP contribution in [0.25, 0.3) is 44.0 Å². The van der Waals surface area contributed by atoms with Gasteiger partial charge in [0.2, 0.25) is 5.69 Å². The predicted octanol–water partition coefficient (Wildman–Crippen LogP) is 5.41. The first-order valence-electron chi connectivity index (χ1n) is 8.91. The molecule has 0 aliphatic carbocycles. The number of nitrogens with zero attached hydrogens (tertiary/aromatic N) is 2. The standard InChI is InChI=1S/C24H17N2O/c1-15-7-9-19-20-13-16(14-25)8-10-21(20)27-24(19)22(15)23-18-6-4-3-5-17(18)11-12-26(23)2/h3-13H,1-2H3/q+1. The summed E-state index contributed by atoms with van der Waals surface area (Å²) in [5.74, 6) is 0. The second kappa shape index (κ2) is 5.69. The summed E-state index contributed by atoms with van der Waals surface area (Å²) in [5, 5.41) is 13.7. The molecular weight excluding hydrogens is 332 g/mol. The molecule has 0 bridgehead atoms. The van der Waals surface area contributed by atoms with Crippen molar-refractivity contribution < 1.29 is 8.98 Å². The van der Waals surface area contributed by atoms with Crippen LogP contribution in [-0.2, 0) is 7.05 Å². The minimum Gasteiger partial charge on any atom is -0.455 e. The predicted molar refractivity (Wildman–Crippen MR) is 107 cm³/mol. The second-order valence-corrected chi connectivity index (χ2v) is 6.92. The third kappa shape index (κ3) is 2.24. The Labute approximate surface area is 156 Å². The highest BCUT2D eigenvalue weighted by atomic mass is 16.3. The summed E-state index contributed by atoms with van der Waals surface area (Å²) in [6.45, 7) is 2.12. The zero-order valence-electron chi connectivity index (χ0n) is 15.2.